The van der Waals surface area contributed by atoms with E-state index >= 15 is 0 Å². The lowest BCUT2D eigenvalue weighted by atomic mass is 10.2. The number of aromatic nitrogens is 4. The van der Waals surface area contributed by atoms with Crippen molar-refractivity contribution in [1.82, 2.24) is 19.3 Å². The Balaban J connectivity index is 0.00000101. The standard InChI is InChI=1S/C20H26N6O2.CH3NO.H2S2/c1-5-26-16(12-14(3)24-26)19(27)23-20-22-15-10-13(2)11-17(28-4)18(15)25(20)9-7-6-8-21;2-1-3;1-2/h6-7,10-12H,5,8-9,21H2,1-4H3,(H,22,23,27);1H,(H2,2,3);1-2H/b7-6+;;. The molecule has 0 unspecified atom stereocenters. The van der Waals surface area contributed by atoms with Gasteiger partial charge in [0.2, 0.25) is 12.4 Å². The minimum absolute atomic E-state index is 0.250. The zero-order valence-corrected chi connectivity index (χ0v) is 20.9. The summed E-state index contributed by atoms with van der Waals surface area (Å²) in [5, 5.41) is 7.27. The van der Waals surface area contributed by atoms with Gasteiger partial charge in [0, 0.05) is 19.6 Å². The number of fused-ring (bicyclic) bond motifs is 1. The zero-order valence-electron chi connectivity index (χ0n) is 19.1. The number of allylic oxidation sites excluding steroid dienone is 1. The number of carbonyl (C=O) groups excluding carboxylic acids is 2. The van der Waals surface area contributed by atoms with Crippen LogP contribution in [0.1, 0.15) is 28.7 Å². The van der Waals surface area contributed by atoms with Gasteiger partial charge >= 0.3 is 0 Å². The molecule has 0 fully saturated rings. The Labute approximate surface area is 203 Å². The van der Waals surface area contributed by atoms with Gasteiger partial charge in [0.25, 0.3) is 5.91 Å². The van der Waals surface area contributed by atoms with Crippen LogP contribution in [0.5, 0.6) is 5.75 Å². The number of amides is 2. The maximum Gasteiger partial charge on any atom is 0.276 e. The molecule has 3 rings (SSSR count). The van der Waals surface area contributed by atoms with Crippen LogP contribution in [0.25, 0.3) is 11.0 Å². The first-order chi connectivity index (χ1) is 15.9. The van der Waals surface area contributed by atoms with Crippen molar-refractivity contribution in [3.05, 3.63) is 47.3 Å². The Morgan fingerprint density at radius 1 is 1.24 bits per heavy atom. The summed E-state index contributed by atoms with van der Waals surface area (Å²) in [6.45, 7) is 7.36. The van der Waals surface area contributed by atoms with Gasteiger partial charge in [-0.2, -0.15) is 5.10 Å². The van der Waals surface area contributed by atoms with Gasteiger partial charge in [0.05, 0.1) is 18.3 Å². The molecule has 180 valence electrons. The van der Waals surface area contributed by atoms with Gasteiger partial charge in [-0.3, -0.25) is 19.6 Å². The van der Waals surface area contributed by atoms with Crippen LogP contribution < -0.4 is 21.5 Å². The summed E-state index contributed by atoms with van der Waals surface area (Å²) >= 11 is 6.44. The summed E-state index contributed by atoms with van der Waals surface area (Å²) in [5.74, 6) is 0.906. The summed E-state index contributed by atoms with van der Waals surface area (Å²) in [6, 6.07) is 5.69. The van der Waals surface area contributed by atoms with Gasteiger partial charge < -0.3 is 20.8 Å². The quantitative estimate of drug-likeness (QED) is 0.148. The number of imidazole rings is 1. The van der Waals surface area contributed by atoms with Crippen LogP contribution in [0.15, 0.2) is 30.4 Å². The number of nitrogens with zero attached hydrogens (tertiary/aromatic N) is 4. The zero-order chi connectivity index (χ0) is 25.0. The summed E-state index contributed by atoms with van der Waals surface area (Å²) in [5.41, 5.74) is 13.6. The van der Waals surface area contributed by atoms with Crippen molar-refractivity contribution in [2.75, 3.05) is 19.0 Å². The van der Waals surface area contributed by atoms with E-state index in [-0.39, 0.29) is 12.3 Å². The van der Waals surface area contributed by atoms with Crippen molar-refractivity contribution in [2.45, 2.75) is 33.9 Å². The van der Waals surface area contributed by atoms with Gasteiger partial charge in [0.15, 0.2) is 0 Å². The van der Waals surface area contributed by atoms with E-state index in [9.17, 15) is 4.79 Å². The van der Waals surface area contributed by atoms with Gasteiger partial charge in [-0.15, -0.1) is 23.3 Å². The fourth-order valence-electron chi connectivity index (χ4n) is 3.20. The normalized spacial score (nSPS) is 10.3. The molecule has 0 saturated carbocycles. The third kappa shape index (κ3) is 7.27. The predicted molar refractivity (Wildman–Crippen MR) is 138 cm³/mol. The smallest absolute Gasteiger partial charge is 0.276 e. The highest BCUT2D eigenvalue weighted by molar-refractivity contribution is 8.59. The third-order valence-electron chi connectivity index (χ3n) is 4.42. The number of hydrogen-bond acceptors (Lipinski definition) is 8. The molecule has 2 heterocycles. The van der Waals surface area contributed by atoms with Crippen LogP contribution in [-0.2, 0) is 17.9 Å². The Kier molecular flexibility index (Phi) is 12.1. The van der Waals surface area contributed by atoms with Crippen molar-refractivity contribution in [3.63, 3.8) is 0 Å². The van der Waals surface area contributed by atoms with Crippen molar-refractivity contribution in [3.8, 4) is 5.75 Å². The maximum atomic E-state index is 12.9. The molecule has 2 amide bonds. The fourth-order valence-corrected chi connectivity index (χ4v) is 3.20. The Morgan fingerprint density at radius 2 is 1.91 bits per heavy atom. The number of thiol groups is 2. The number of nitrogens with one attached hydrogen (secondary N) is 1. The Morgan fingerprint density at radius 3 is 2.48 bits per heavy atom. The lowest BCUT2D eigenvalue weighted by molar-refractivity contribution is -0.106. The lowest BCUT2D eigenvalue weighted by Crippen LogP contribution is -2.20. The van der Waals surface area contributed by atoms with Crippen molar-refractivity contribution >= 4 is 52.6 Å². The maximum absolute atomic E-state index is 12.9. The number of aryl methyl sites for hydroxylation is 3. The van der Waals surface area contributed by atoms with Crippen LogP contribution >= 0.6 is 23.3 Å². The highest BCUT2D eigenvalue weighted by Gasteiger charge is 2.19. The lowest BCUT2D eigenvalue weighted by Gasteiger charge is -2.11. The average Bonchev–Trinajstić information content (AvgIpc) is 3.35. The molecule has 0 aliphatic heterocycles. The van der Waals surface area contributed by atoms with E-state index in [0.717, 1.165) is 22.3 Å². The number of primary amides is 1. The van der Waals surface area contributed by atoms with E-state index in [2.05, 4.69) is 44.5 Å². The SMILES string of the molecule is CCn1nc(C)cc1C(=O)Nc1nc2cc(C)cc(OC)c2n1C/C=C/CN.NC=O.SS. The summed E-state index contributed by atoms with van der Waals surface area (Å²) in [4.78, 5) is 26.1. The molecule has 0 saturated heterocycles. The second-order valence-corrected chi connectivity index (χ2v) is 6.66. The van der Waals surface area contributed by atoms with Gasteiger partial charge in [-0.05, 0) is 44.5 Å². The second-order valence-electron chi connectivity index (χ2n) is 6.66. The number of benzene rings is 1. The number of nitrogens with two attached hydrogens (primary N) is 2. The summed E-state index contributed by atoms with van der Waals surface area (Å²) in [6.07, 6.45) is 4.06. The molecule has 12 heteroatoms. The first kappa shape index (κ1) is 28.1. The molecular weight excluding hydrogens is 462 g/mol. The highest BCUT2D eigenvalue weighted by atomic mass is 33.1. The monoisotopic (exact) mass is 493 g/mol. The minimum atomic E-state index is -0.252. The Bertz CT molecular complexity index is 1090. The summed E-state index contributed by atoms with van der Waals surface area (Å²) in [7, 11) is 1.63. The van der Waals surface area contributed by atoms with Gasteiger partial charge in [-0.25, -0.2) is 4.98 Å². The van der Waals surface area contributed by atoms with Crippen LogP contribution in [0.2, 0.25) is 0 Å². The third-order valence-corrected chi connectivity index (χ3v) is 4.42. The number of rotatable bonds is 7. The van der Waals surface area contributed by atoms with E-state index in [1.165, 1.54) is 0 Å². The van der Waals surface area contributed by atoms with E-state index in [4.69, 9.17) is 15.3 Å². The van der Waals surface area contributed by atoms with Gasteiger partial charge in [-0.1, -0.05) is 12.2 Å². The van der Waals surface area contributed by atoms with E-state index in [1.807, 2.05) is 49.6 Å². The number of ether oxygens (including phenoxy) is 1. The van der Waals surface area contributed by atoms with E-state index in [1.54, 1.807) is 17.9 Å². The van der Waals surface area contributed by atoms with E-state index in [0.29, 0.717) is 37.0 Å². The first-order valence-corrected chi connectivity index (χ1v) is 11.6. The number of carbonyl (C=O) groups is 2. The molecule has 0 aliphatic carbocycles. The highest BCUT2D eigenvalue weighted by Crippen LogP contribution is 2.30. The second kappa shape index (κ2) is 14.2. The molecule has 0 spiro atoms. The van der Waals surface area contributed by atoms with Gasteiger partial charge in [0.1, 0.15) is 17.0 Å². The molecule has 3 aromatic rings. The first-order valence-electron chi connectivity index (χ1n) is 10.0. The molecule has 0 radical (unpaired) electrons. The van der Waals surface area contributed by atoms with Crippen molar-refractivity contribution in [2.24, 2.45) is 11.5 Å². The molecule has 33 heavy (non-hydrogen) atoms. The van der Waals surface area contributed by atoms with Crippen LogP contribution in [0.3, 0.4) is 0 Å². The van der Waals surface area contributed by atoms with E-state index < -0.39 is 0 Å². The average molecular weight is 494 g/mol. The molecule has 1 aromatic carbocycles. The summed E-state index contributed by atoms with van der Waals surface area (Å²) < 4.78 is 9.15. The molecule has 0 atom stereocenters. The molecule has 5 N–H and O–H groups in total. The van der Waals surface area contributed by atoms with Crippen LogP contribution in [-0.4, -0.2) is 45.3 Å². The van der Waals surface area contributed by atoms with Crippen LogP contribution in [0, 0.1) is 13.8 Å². The molecule has 2 aromatic heterocycles. The molecular formula is C21H31N7O3S2. The molecule has 0 aliphatic rings. The predicted octanol–water partition coefficient (Wildman–Crippen LogP) is 2.51. The number of methoxy groups -OCH3 is 1. The van der Waals surface area contributed by atoms with Crippen molar-refractivity contribution < 1.29 is 14.3 Å². The van der Waals surface area contributed by atoms with Crippen LogP contribution in [0.4, 0.5) is 5.95 Å². The Hall–Kier alpha value is -2.96. The topological polar surface area (TPSA) is 143 Å². The molecule has 10 nitrogen and oxygen atoms in total. The minimum Gasteiger partial charge on any atom is -0.494 e. The number of anilines is 1. The van der Waals surface area contributed by atoms with Crippen molar-refractivity contribution in [1.29, 1.82) is 0 Å². The number of hydrogen-bond donors (Lipinski definition) is 5. The molecule has 0 bridgehead atoms. The fraction of sp³-hybridized carbons (Fsp3) is 0.333. The largest absolute Gasteiger partial charge is 0.494 e.